The highest BCUT2D eigenvalue weighted by atomic mass is 16.2. The van der Waals surface area contributed by atoms with E-state index < -0.39 is 0 Å². The number of benzene rings is 3. The summed E-state index contributed by atoms with van der Waals surface area (Å²) in [4.78, 5) is 28.4. The molecular weight excluding hydrogens is 562 g/mol. The lowest BCUT2D eigenvalue weighted by atomic mass is 10.0. The van der Waals surface area contributed by atoms with Gasteiger partial charge in [0.25, 0.3) is 11.8 Å². The third kappa shape index (κ3) is 6.77. The second kappa shape index (κ2) is 13.5. The lowest BCUT2D eigenvalue weighted by Gasteiger charge is -2.07. The first-order valence-electron chi connectivity index (χ1n) is 12.7. The highest BCUT2D eigenvalue weighted by Crippen LogP contribution is 2.21. The standard InChI is InChI=1S/C15H10N6O.C14H9N7O/c16-9-11-8-10(14-18-20-21-19-14)6-7-13(11)15(22)17-12-4-2-1-3-5-12;15-7-10-6-9(13-18-20-21-19-13)3-4-12(10)14(22)17-11-2-1-5-16-8-11/h1-8H,(H,17,22)(H,18,19,20,21);1-6,8H,(H,17,22)(H,18,19,20,21). The highest BCUT2D eigenvalue weighted by molar-refractivity contribution is 6.06. The van der Waals surface area contributed by atoms with E-state index in [0.29, 0.717) is 39.7 Å². The SMILES string of the molecule is N#Cc1cc(-c2nn[nH]n2)ccc1C(=O)Nc1ccccc1.N#Cc1cc(-c2nn[nH]n2)ccc1C(=O)Nc1cccnc1. The van der Waals surface area contributed by atoms with Gasteiger partial charge in [-0.1, -0.05) is 30.3 Å². The zero-order valence-electron chi connectivity index (χ0n) is 22.5. The summed E-state index contributed by atoms with van der Waals surface area (Å²) in [5, 5.41) is 50.9. The molecule has 0 aliphatic heterocycles. The largest absolute Gasteiger partial charge is 0.322 e. The number of nitriles is 2. The minimum atomic E-state index is -0.385. The van der Waals surface area contributed by atoms with Crippen LogP contribution in [0.5, 0.6) is 0 Å². The van der Waals surface area contributed by atoms with E-state index in [9.17, 15) is 20.1 Å². The summed E-state index contributed by atoms with van der Waals surface area (Å²) in [5.41, 5.74) is 3.46. The van der Waals surface area contributed by atoms with E-state index in [1.807, 2.05) is 30.3 Å². The second-order valence-electron chi connectivity index (χ2n) is 8.73. The van der Waals surface area contributed by atoms with Crippen LogP contribution in [0.2, 0.25) is 0 Å². The van der Waals surface area contributed by atoms with Gasteiger partial charge in [0.15, 0.2) is 0 Å². The molecule has 0 saturated heterocycles. The summed E-state index contributed by atoms with van der Waals surface area (Å²) >= 11 is 0. The molecule has 0 spiro atoms. The molecule has 2 amide bonds. The third-order valence-corrected chi connectivity index (χ3v) is 5.93. The summed E-state index contributed by atoms with van der Waals surface area (Å²) in [6.07, 6.45) is 3.13. The Morgan fingerprint density at radius 3 is 1.64 bits per heavy atom. The number of amides is 2. The van der Waals surface area contributed by atoms with Crippen LogP contribution in [0.4, 0.5) is 11.4 Å². The number of hydrogen-bond donors (Lipinski definition) is 4. The number of para-hydroxylation sites is 1. The van der Waals surface area contributed by atoms with Gasteiger partial charge in [0.2, 0.25) is 11.6 Å². The Balaban J connectivity index is 0.000000175. The van der Waals surface area contributed by atoms with E-state index in [1.165, 1.54) is 6.20 Å². The number of rotatable bonds is 6. The average molecular weight is 582 g/mol. The van der Waals surface area contributed by atoms with E-state index in [4.69, 9.17) is 0 Å². The van der Waals surface area contributed by atoms with E-state index in [-0.39, 0.29) is 28.5 Å². The molecule has 44 heavy (non-hydrogen) atoms. The van der Waals surface area contributed by atoms with Crippen LogP contribution in [-0.4, -0.2) is 58.0 Å². The molecule has 15 nitrogen and oxygen atoms in total. The van der Waals surface area contributed by atoms with Gasteiger partial charge in [-0.05, 0) is 59.0 Å². The summed E-state index contributed by atoms with van der Waals surface area (Å²) in [5.74, 6) is -0.00569. The van der Waals surface area contributed by atoms with E-state index >= 15 is 0 Å². The minimum Gasteiger partial charge on any atom is -0.322 e. The monoisotopic (exact) mass is 581 g/mol. The molecule has 6 aromatic rings. The maximum Gasteiger partial charge on any atom is 0.257 e. The average Bonchev–Trinajstić information content (AvgIpc) is 3.81. The molecular formula is C29H19N13O2. The molecule has 0 saturated carbocycles. The number of aromatic nitrogens is 9. The van der Waals surface area contributed by atoms with Crippen molar-refractivity contribution in [3.63, 3.8) is 0 Å². The third-order valence-electron chi connectivity index (χ3n) is 5.93. The Morgan fingerprint density at radius 1 is 0.659 bits per heavy atom. The summed E-state index contributed by atoms with van der Waals surface area (Å²) in [6, 6.07) is 26.0. The molecule has 0 aliphatic carbocycles. The Morgan fingerprint density at radius 2 is 1.18 bits per heavy atom. The van der Waals surface area contributed by atoms with Gasteiger partial charge < -0.3 is 10.6 Å². The van der Waals surface area contributed by atoms with Gasteiger partial charge in [-0.3, -0.25) is 14.6 Å². The number of nitrogens with one attached hydrogen (secondary N) is 4. The number of tetrazole rings is 2. The Bertz CT molecular complexity index is 1820. The number of aromatic amines is 2. The predicted molar refractivity (Wildman–Crippen MR) is 155 cm³/mol. The van der Waals surface area contributed by atoms with Crippen LogP contribution >= 0.6 is 0 Å². The van der Waals surface area contributed by atoms with E-state index in [0.717, 1.165) is 0 Å². The highest BCUT2D eigenvalue weighted by Gasteiger charge is 2.15. The zero-order chi connectivity index (χ0) is 30.7. The lowest BCUT2D eigenvalue weighted by molar-refractivity contribution is 0.101. The summed E-state index contributed by atoms with van der Waals surface area (Å²) in [7, 11) is 0. The first-order chi connectivity index (χ1) is 21.6. The molecule has 0 fully saturated rings. The number of pyridine rings is 1. The van der Waals surface area contributed by atoms with Gasteiger partial charge in [0, 0.05) is 23.0 Å². The van der Waals surface area contributed by atoms with Crippen LogP contribution in [0, 0.1) is 22.7 Å². The molecule has 212 valence electrons. The van der Waals surface area contributed by atoms with Crippen LogP contribution in [0.15, 0.2) is 91.3 Å². The molecule has 3 aromatic heterocycles. The number of H-pyrrole nitrogens is 2. The topological polar surface area (TPSA) is 228 Å². The fraction of sp³-hybridized carbons (Fsp3) is 0. The number of hydrogen-bond acceptors (Lipinski definition) is 11. The number of anilines is 2. The fourth-order valence-electron chi connectivity index (χ4n) is 3.87. The molecule has 0 bridgehead atoms. The van der Waals surface area contributed by atoms with E-state index in [1.54, 1.807) is 66.9 Å². The van der Waals surface area contributed by atoms with Crippen LogP contribution in [-0.2, 0) is 0 Å². The minimum absolute atomic E-state index is 0.226. The number of nitrogens with zero attached hydrogens (tertiary/aromatic N) is 9. The van der Waals surface area contributed by atoms with Crippen molar-refractivity contribution in [1.82, 2.24) is 46.2 Å². The maximum atomic E-state index is 12.3. The summed E-state index contributed by atoms with van der Waals surface area (Å²) in [6.45, 7) is 0. The van der Waals surface area contributed by atoms with Crippen molar-refractivity contribution < 1.29 is 9.59 Å². The number of carbonyl (C=O) groups excluding carboxylic acids is 2. The van der Waals surface area contributed by atoms with Gasteiger partial charge >= 0.3 is 0 Å². The molecule has 15 heteroatoms. The Labute approximate surface area is 248 Å². The van der Waals surface area contributed by atoms with Gasteiger partial charge in [-0.15, -0.1) is 20.4 Å². The number of carbonyl (C=O) groups is 2. The quantitative estimate of drug-likeness (QED) is 0.223. The fourth-order valence-corrected chi connectivity index (χ4v) is 3.87. The van der Waals surface area contributed by atoms with Crippen LogP contribution in [0.3, 0.4) is 0 Å². The molecule has 0 atom stereocenters. The smallest absolute Gasteiger partial charge is 0.257 e. The van der Waals surface area contributed by atoms with Gasteiger partial charge in [0.1, 0.15) is 0 Å². The van der Waals surface area contributed by atoms with Crippen LogP contribution in [0.25, 0.3) is 22.8 Å². The first kappa shape index (κ1) is 28.4. The molecule has 0 unspecified atom stereocenters. The summed E-state index contributed by atoms with van der Waals surface area (Å²) < 4.78 is 0. The van der Waals surface area contributed by atoms with Gasteiger partial charge in [0.05, 0.1) is 46.3 Å². The molecule has 0 radical (unpaired) electrons. The molecule has 6 rings (SSSR count). The molecule has 4 N–H and O–H groups in total. The van der Waals surface area contributed by atoms with Crippen molar-refractivity contribution >= 4 is 23.2 Å². The second-order valence-corrected chi connectivity index (χ2v) is 8.73. The predicted octanol–water partition coefficient (Wildman–Crippen LogP) is 3.38. The van der Waals surface area contributed by atoms with Crippen molar-refractivity contribution in [3.05, 3.63) is 114 Å². The van der Waals surface area contributed by atoms with Crippen molar-refractivity contribution in [1.29, 1.82) is 10.5 Å². The molecule has 3 heterocycles. The van der Waals surface area contributed by atoms with Gasteiger partial charge in [-0.2, -0.15) is 21.0 Å². The van der Waals surface area contributed by atoms with E-state index in [2.05, 4.69) is 56.9 Å². The molecule has 0 aliphatic rings. The van der Waals surface area contributed by atoms with Crippen molar-refractivity contribution in [2.45, 2.75) is 0 Å². The Kier molecular flexibility index (Phi) is 8.70. The van der Waals surface area contributed by atoms with Crippen molar-refractivity contribution in [2.75, 3.05) is 10.6 Å². The van der Waals surface area contributed by atoms with Gasteiger partial charge in [-0.25, -0.2) is 0 Å². The normalized spacial score (nSPS) is 9.95. The Hall–Kier alpha value is -7.13. The maximum absolute atomic E-state index is 12.3. The first-order valence-corrected chi connectivity index (χ1v) is 12.7. The van der Waals surface area contributed by atoms with Crippen molar-refractivity contribution in [2.24, 2.45) is 0 Å². The zero-order valence-corrected chi connectivity index (χ0v) is 22.5. The molecule has 3 aromatic carbocycles. The van der Waals surface area contributed by atoms with Crippen LogP contribution < -0.4 is 10.6 Å². The van der Waals surface area contributed by atoms with Crippen molar-refractivity contribution in [3.8, 4) is 34.9 Å². The van der Waals surface area contributed by atoms with Crippen LogP contribution in [0.1, 0.15) is 31.8 Å². The lowest BCUT2D eigenvalue weighted by Crippen LogP contribution is -2.13.